The van der Waals surface area contributed by atoms with Gasteiger partial charge in [-0.3, -0.25) is 4.79 Å². The average Bonchev–Trinajstić information content (AvgIpc) is 2.39. The van der Waals surface area contributed by atoms with Crippen LogP contribution in [0.4, 0.5) is 0 Å². The minimum absolute atomic E-state index is 0.150. The summed E-state index contributed by atoms with van der Waals surface area (Å²) in [6, 6.07) is 15.7. The first kappa shape index (κ1) is 11.0. The molecule has 1 aliphatic rings. The Hall–Kier alpha value is -2.09. The normalized spacial score (nSPS) is 18.1. The standard InChI is InChI=1S/C16H14O2/c1-11-6-2-4-8-13(11)14-10-12-7-3-5-9-15(12)18-16(14)17/h2-9,14H,10H2,1H3/t14-/m0/s1. The maximum atomic E-state index is 12.1. The molecule has 0 amide bonds. The van der Waals surface area contributed by atoms with Crippen molar-refractivity contribution in [1.29, 1.82) is 0 Å². The summed E-state index contributed by atoms with van der Waals surface area (Å²) in [6.45, 7) is 2.03. The lowest BCUT2D eigenvalue weighted by Crippen LogP contribution is -2.26. The van der Waals surface area contributed by atoms with Crippen molar-refractivity contribution in [2.45, 2.75) is 19.3 Å². The Morgan fingerprint density at radius 2 is 1.78 bits per heavy atom. The fourth-order valence-corrected chi connectivity index (χ4v) is 2.47. The molecule has 0 radical (unpaired) electrons. The zero-order valence-electron chi connectivity index (χ0n) is 10.2. The zero-order chi connectivity index (χ0) is 12.5. The number of hydrogen-bond donors (Lipinski definition) is 0. The number of ether oxygens (including phenoxy) is 1. The fraction of sp³-hybridized carbons (Fsp3) is 0.188. The van der Waals surface area contributed by atoms with Gasteiger partial charge in [-0.15, -0.1) is 0 Å². The molecule has 2 aromatic carbocycles. The molecule has 0 saturated carbocycles. The van der Waals surface area contributed by atoms with Crippen LogP contribution in [0.1, 0.15) is 22.6 Å². The SMILES string of the molecule is Cc1ccccc1[C@@H]1Cc2ccccc2OC1=O. The van der Waals surface area contributed by atoms with Crippen molar-refractivity contribution in [2.75, 3.05) is 0 Å². The highest BCUT2D eigenvalue weighted by atomic mass is 16.5. The molecule has 0 spiro atoms. The van der Waals surface area contributed by atoms with Crippen LogP contribution in [0.2, 0.25) is 0 Å². The molecule has 0 N–H and O–H groups in total. The van der Waals surface area contributed by atoms with Gasteiger partial charge in [-0.2, -0.15) is 0 Å². The van der Waals surface area contributed by atoms with Crippen LogP contribution in [0.5, 0.6) is 5.75 Å². The maximum Gasteiger partial charge on any atom is 0.319 e. The third-order valence-corrected chi connectivity index (χ3v) is 3.46. The predicted octanol–water partition coefficient (Wildman–Crippen LogP) is 3.24. The van der Waals surface area contributed by atoms with Crippen LogP contribution in [0, 0.1) is 6.92 Å². The number of rotatable bonds is 1. The van der Waals surface area contributed by atoms with E-state index >= 15 is 0 Å². The Morgan fingerprint density at radius 1 is 1.06 bits per heavy atom. The number of fused-ring (bicyclic) bond motifs is 1. The lowest BCUT2D eigenvalue weighted by atomic mass is 9.87. The van der Waals surface area contributed by atoms with Gasteiger partial charge in [0.05, 0.1) is 5.92 Å². The number of para-hydroxylation sites is 1. The van der Waals surface area contributed by atoms with Crippen LogP contribution < -0.4 is 4.74 Å². The van der Waals surface area contributed by atoms with Crippen molar-refractivity contribution in [2.24, 2.45) is 0 Å². The summed E-state index contributed by atoms with van der Waals surface area (Å²) in [7, 11) is 0. The molecule has 0 fully saturated rings. The van der Waals surface area contributed by atoms with E-state index in [0.29, 0.717) is 5.75 Å². The van der Waals surface area contributed by atoms with E-state index in [4.69, 9.17) is 4.74 Å². The van der Waals surface area contributed by atoms with E-state index < -0.39 is 0 Å². The van der Waals surface area contributed by atoms with Gasteiger partial charge < -0.3 is 4.74 Å². The molecule has 0 bridgehead atoms. The lowest BCUT2D eigenvalue weighted by molar-refractivity contribution is -0.137. The number of aryl methyl sites for hydroxylation is 1. The molecule has 2 aromatic rings. The van der Waals surface area contributed by atoms with Crippen LogP contribution in [0.15, 0.2) is 48.5 Å². The zero-order valence-corrected chi connectivity index (χ0v) is 10.2. The summed E-state index contributed by atoms with van der Waals surface area (Å²) in [6.07, 6.45) is 0.722. The number of benzene rings is 2. The highest BCUT2D eigenvalue weighted by molar-refractivity contribution is 5.83. The highest BCUT2D eigenvalue weighted by Gasteiger charge is 2.30. The molecule has 90 valence electrons. The summed E-state index contributed by atoms with van der Waals surface area (Å²) in [5.41, 5.74) is 3.31. The van der Waals surface area contributed by atoms with Crippen molar-refractivity contribution in [3.8, 4) is 5.75 Å². The van der Waals surface area contributed by atoms with E-state index in [1.807, 2.05) is 55.5 Å². The van der Waals surface area contributed by atoms with Crippen molar-refractivity contribution in [1.82, 2.24) is 0 Å². The average molecular weight is 238 g/mol. The van der Waals surface area contributed by atoms with Gasteiger partial charge in [0.15, 0.2) is 0 Å². The molecule has 2 nitrogen and oxygen atoms in total. The van der Waals surface area contributed by atoms with Gasteiger partial charge in [0.2, 0.25) is 0 Å². The van der Waals surface area contributed by atoms with Crippen LogP contribution in [-0.2, 0) is 11.2 Å². The number of hydrogen-bond acceptors (Lipinski definition) is 2. The summed E-state index contributed by atoms with van der Waals surface area (Å²) >= 11 is 0. The van der Waals surface area contributed by atoms with Crippen molar-refractivity contribution in [3.63, 3.8) is 0 Å². The molecule has 1 atom stereocenters. The Bertz CT molecular complexity index is 602. The summed E-state index contributed by atoms with van der Waals surface area (Å²) in [5, 5.41) is 0. The quantitative estimate of drug-likeness (QED) is 0.563. The molecular formula is C16H14O2. The molecule has 3 rings (SSSR count). The smallest absolute Gasteiger partial charge is 0.319 e. The monoisotopic (exact) mass is 238 g/mol. The summed E-state index contributed by atoms with van der Waals surface area (Å²) in [4.78, 5) is 12.1. The fourth-order valence-electron chi connectivity index (χ4n) is 2.47. The van der Waals surface area contributed by atoms with E-state index in [0.717, 1.165) is 23.1 Å². The molecular weight excluding hydrogens is 224 g/mol. The number of carbonyl (C=O) groups excluding carboxylic acids is 1. The van der Waals surface area contributed by atoms with Gasteiger partial charge in [-0.1, -0.05) is 42.5 Å². The molecule has 0 aromatic heterocycles. The first-order valence-electron chi connectivity index (χ1n) is 6.11. The second kappa shape index (κ2) is 4.30. The van der Waals surface area contributed by atoms with Crippen molar-refractivity contribution >= 4 is 5.97 Å². The van der Waals surface area contributed by atoms with E-state index in [1.54, 1.807) is 0 Å². The number of esters is 1. The van der Waals surface area contributed by atoms with Crippen LogP contribution in [-0.4, -0.2) is 5.97 Å². The molecule has 0 unspecified atom stereocenters. The third-order valence-electron chi connectivity index (χ3n) is 3.46. The molecule has 0 aliphatic carbocycles. The van der Waals surface area contributed by atoms with Crippen LogP contribution in [0.3, 0.4) is 0 Å². The van der Waals surface area contributed by atoms with E-state index in [9.17, 15) is 4.79 Å². The first-order chi connectivity index (χ1) is 8.75. The topological polar surface area (TPSA) is 26.3 Å². The van der Waals surface area contributed by atoms with Gasteiger partial charge in [-0.05, 0) is 36.1 Å². The Kier molecular flexibility index (Phi) is 2.63. The van der Waals surface area contributed by atoms with Crippen molar-refractivity contribution in [3.05, 3.63) is 65.2 Å². The summed E-state index contributed by atoms with van der Waals surface area (Å²) < 4.78 is 5.41. The Balaban J connectivity index is 2.01. The number of carbonyl (C=O) groups is 1. The van der Waals surface area contributed by atoms with Crippen LogP contribution in [0.25, 0.3) is 0 Å². The third kappa shape index (κ3) is 1.80. The van der Waals surface area contributed by atoms with Gasteiger partial charge in [0.1, 0.15) is 5.75 Å². The molecule has 0 saturated heterocycles. The van der Waals surface area contributed by atoms with Crippen molar-refractivity contribution < 1.29 is 9.53 Å². The van der Waals surface area contributed by atoms with Gasteiger partial charge >= 0.3 is 5.97 Å². The van der Waals surface area contributed by atoms with E-state index in [1.165, 1.54) is 0 Å². The summed E-state index contributed by atoms with van der Waals surface area (Å²) in [5.74, 6) is 0.372. The minimum Gasteiger partial charge on any atom is -0.426 e. The molecule has 1 heterocycles. The molecule has 1 aliphatic heterocycles. The maximum absolute atomic E-state index is 12.1. The Labute approximate surface area is 106 Å². The van der Waals surface area contributed by atoms with Gasteiger partial charge in [-0.25, -0.2) is 0 Å². The second-order valence-corrected chi connectivity index (χ2v) is 4.64. The van der Waals surface area contributed by atoms with Gasteiger partial charge in [0.25, 0.3) is 0 Å². The van der Waals surface area contributed by atoms with Gasteiger partial charge in [0, 0.05) is 0 Å². The van der Waals surface area contributed by atoms with E-state index in [-0.39, 0.29) is 11.9 Å². The first-order valence-corrected chi connectivity index (χ1v) is 6.11. The lowest BCUT2D eigenvalue weighted by Gasteiger charge is -2.24. The molecule has 18 heavy (non-hydrogen) atoms. The largest absolute Gasteiger partial charge is 0.426 e. The minimum atomic E-state index is -0.180. The molecule has 2 heteroatoms. The Morgan fingerprint density at radius 3 is 2.61 bits per heavy atom. The second-order valence-electron chi connectivity index (χ2n) is 4.64. The van der Waals surface area contributed by atoms with Crippen LogP contribution >= 0.6 is 0 Å². The van der Waals surface area contributed by atoms with E-state index in [2.05, 4.69) is 0 Å². The predicted molar refractivity (Wildman–Crippen MR) is 69.7 cm³/mol. The highest BCUT2D eigenvalue weighted by Crippen LogP contribution is 2.34.